The maximum absolute atomic E-state index is 11.8. The summed E-state index contributed by atoms with van der Waals surface area (Å²) in [5.74, 6) is 0.957. The standard InChI is InChI=1S/C15H23N3O/c1-13-5-9-18(10-6-13)11-7-15(19)17-12-14-4-2-3-8-16-14/h2-4,8,13H,5-7,9-12H2,1H3,(H,17,19). The minimum atomic E-state index is 0.115. The largest absolute Gasteiger partial charge is 0.350 e. The summed E-state index contributed by atoms with van der Waals surface area (Å²) < 4.78 is 0. The Morgan fingerprint density at radius 3 is 2.89 bits per heavy atom. The van der Waals surface area contributed by atoms with Crippen molar-refractivity contribution in [1.82, 2.24) is 15.2 Å². The lowest BCUT2D eigenvalue weighted by molar-refractivity contribution is -0.121. The van der Waals surface area contributed by atoms with Gasteiger partial charge in [-0.3, -0.25) is 9.78 Å². The van der Waals surface area contributed by atoms with Gasteiger partial charge < -0.3 is 10.2 Å². The van der Waals surface area contributed by atoms with Crippen LogP contribution in [0.5, 0.6) is 0 Å². The van der Waals surface area contributed by atoms with E-state index in [9.17, 15) is 4.79 Å². The Balaban J connectivity index is 1.62. The van der Waals surface area contributed by atoms with Crippen LogP contribution in [0.2, 0.25) is 0 Å². The number of rotatable bonds is 5. The topological polar surface area (TPSA) is 45.2 Å². The number of carbonyl (C=O) groups excluding carboxylic acids is 1. The molecule has 2 rings (SSSR count). The van der Waals surface area contributed by atoms with Crippen molar-refractivity contribution in [2.75, 3.05) is 19.6 Å². The molecule has 0 unspecified atom stereocenters. The fourth-order valence-corrected chi connectivity index (χ4v) is 2.33. The smallest absolute Gasteiger partial charge is 0.221 e. The molecule has 104 valence electrons. The number of hydrogen-bond acceptors (Lipinski definition) is 3. The maximum Gasteiger partial charge on any atom is 0.221 e. The van der Waals surface area contributed by atoms with Crippen molar-refractivity contribution in [2.45, 2.75) is 32.7 Å². The molecule has 1 fully saturated rings. The molecule has 1 aliphatic heterocycles. The molecule has 2 heterocycles. The second-order valence-electron chi connectivity index (χ2n) is 5.37. The zero-order valence-electron chi connectivity index (χ0n) is 11.6. The van der Waals surface area contributed by atoms with Crippen LogP contribution in [0.3, 0.4) is 0 Å². The first kappa shape index (κ1) is 14.0. The number of pyridine rings is 1. The third-order valence-electron chi connectivity index (χ3n) is 3.72. The molecule has 0 aliphatic carbocycles. The van der Waals surface area contributed by atoms with Gasteiger partial charge in [-0.25, -0.2) is 0 Å². The lowest BCUT2D eigenvalue weighted by Crippen LogP contribution is -2.36. The van der Waals surface area contributed by atoms with Gasteiger partial charge >= 0.3 is 0 Å². The number of nitrogens with one attached hydrogen (secondary N) is 1. The Morgan fingerprint density at radius 2 is 2.21 bits per heavy atom. The molecule has 1 aliphatic rings. The predicted molar refractivity (Wildman–Crippen MR) is 75.5 cm³/mol. The van der Waals surface area contributed by atoms with Gasteiger partial charge in [0.05, 0.1) is 12.2 Å². The second-order valence-corrected chi connectivity index (χ2v) is 5.37. The van der Waals surface area contributed by atoms with Crippen LogP contribution in [0.25, 0.3) is 0 Å². The van der Waals surface area contributed by atoms with E-state index in [-0.39, 0.29) is 5.91 Å². The average molecular weight is 261 g/mol. The molecule has 0 saturated carbocycles. The first-order chi connectivity index (χ1) is 9.24. The van der Waals surface area contributed by atoms with Crippen molar-refractivity contribution in [3.05, 3.63) is 30.1 Å². The first-order valence-corrected chi connectivity index (χ1v) is 7.13. The Hall–Kier alpha value is -1.42. The number of nitrogens with zero attached hydrogens (tertiary/aromatic N) is 2. The van der Waals surface area contributed by atoms with Gasteiger partial charge in [-0.1, -0.05) is 13.0 Å². The Labute approximate surface area is 115 Å². The summed E-state index contributed by atoms with van der Waals surface area (Å²) in [6.07, 6.45) is 4.85. The highest BCUT2D eigenvalue weighted by Gasteiger charge is 2.16. The second kappa shape index (κ2) is 7.24. The number of piperidine rings is 1. The number of amides is 1. The van der Waals surface area contributed by atoms with E-state index in [0.29, 0.717) is 13.0 Å². The van der Waals surface area contributed by atoms with Crippen molar-refractivity contribution >= 4 is 5.91 Å². The summed E-state index contributed by atoms with van der Waals surface area (Å²) >= 11 is 0. The monoisotopic (exact) mass is 261 g/mol. The molecular formula is C15H23N3O. The van der Waals surface area contributed by atoms with Crippen LogP contribution >= 0.6 is 0 Å². The highest BCUT2D eigenvalue weighted by molar-refractivity contribution is 5.75. The summed E-state index contributed by atoms with van der Waals surface area (Å²) in [5, 5.41) is 2.92. The zero-order chi connectivity index (χ0) is 13.5. The quantitative estimate of drug-likeness (QED) is 0.879. The van der Waals surface area contributed by atoms with Crippen molar-refractivity contribution in [1.29, 1.82) is 0 Å². The summed E-state index contributed by atoms with van der Waals surface area (Å²) in [6.45, 7) is 5.97. The van der Waals surface area contributed by atoms with Crippen LogP contribution < -0.4 is 5.32 Å². The fourth-order valence-electron chi connectivity index (χ4n) is 2.33. The molecule has 1 N–H and O–H groups in total. The highest BCUT2D eigenvalue weighted by atomic mass is 16.1. The lowest BCUT2D eigenvalue weighted by atomic mass is 9.99. The molecule has 0 spiro atoms. The molecule has 1 saturated heterocycles. The number of likely N-dealkylation sites (tertiary alicyclic amines) is 1. The SMILES string of the molecule is CC1CCN(CCC(=O)NCc2ccccn2)CC1. The molecule has 1 aromatic rings. The van der Waals surface area contributed by atoms with Gasteiger partial charge in [0.1, 0.15) is 0 Å². The van der Waals surface area contributed by atoms with E-state index < -0.39 is 0 Å². The van der Waals surface area contributed by atoms with Gasteiger partial charge in [0.15, 0.2) is 0 Å². The minimum Gasteiger partial charge on any atom is -0.350 e. The van der Waals surface area contributed by atoms with Gasteiger partial charge in [0.2, 0.25) is 5.91 Å². The van der Waals surface area contributed by atoms with Crippen LogP contribution in [0.15, 0.2) is 24.4 Å². The predicted octanol–water partition coefficient (Wildman–Crippen LogP) is 1.82. The highest BCUT2D eigenvalue weighted by Crippen LogP contribution is 2.15. The van der Waals surface area contributed by atoms with Crippen molar-refractivity contribution in [3.8, 4) is 0 Å². The van der Waals surface area contributed by atoms with Crippen LogP contribution in [-0.4, -0.2) is 35.4 Å². The molecule has 4 nitrogen and oxygen atoms in total. The third-order valence-corrected chi connectivity index (χ3v) is 3.72. The molecular weight excluding hydrogens is 238 g/mol. The average Bonchev–Trinajstić information content (AvgIpc) is 2.45. The first-order valence-electron chi connectivity index (χ1n) is 7.13. The van der Waals surface area contributed by atoms with Crippen molar-refractivity contribution in [2.24, 2.45) is 5.92 Å². The Kier molecular flexibility index (Phi) is 5.33. The van der Waals surface area contributed by atoms with E-state index in [1.807, 2.05) is 18.2 Å². The van der Waals surface area contributed by atoms with Crippen molar-refractivity contribution in [3.63, 3.8) is 0 Å². The Bertz CT molecular complexity index is 386. The molecule has 0 aromatic carbocycles. The summed E-state index contributed by atoms with van der Waals surface area (Å²) in [7, 11) is 0. The molecule has 0 atom stereocenters. The van der Waals surface area contributed by atoms with Gasteiger partial charge in [0.25, 0.3) is 0 Å². The van der Waals surface area contributed by atoms with E-state index >= 15 is 0 Å². The van der Waals surface area contributed by atoms with Gasteiger partial charge in [-0.15, -0.1) is 0 Å². The molecule has 0 bridgehead atoms. The molecule has 19 heavy (non-hydrogen) atoms. The van der Waals surface area contributed by atoms with E-state index in [2.05, 4.69) is 22.1 Å². The summed E-state index contributed by atoms with van der Waals surface area (Å²) in [5.41, 5.74) is 0.905. The zero-order valence-corrected chi connectivity index (χ0v) is 11.6. The third kappa shape index (κ3) is 4.99. The number of hydrogen-bond donors (Lipinski definition) is 1. The summed E-state index contributed by atoms with van der Waals surface area (Å²) in [6, 6.07) is 5.73. The molecule has 4 heteroatoms. The molecule has 0 radical (unpaired) electrons. The number of aromatic nitrogens is 1. The van der Waals surface area contributed by atoms with Crippen LogP contribution in [0, 0.1) is 5.92 Å². The Morgan fingerprint density at radius 1 is 1.42 bits per heavy atom. The molecule has 1 amide bonds. The molecule has 1 aromatic heterocycles. The van der Waals surface area contributed by atoms with E-state index in [1.165, 1.54) is 12.8 Å². The van der Waals surface area contributed by atoms with Crippen molar-refractivity contribution < 1.29 is 4.79 Å². The number of carbonyl (C=O) groups is 1. The van der Waals surface area contributed by atoms with Crippen LogP contribution in [-0.2, 0) is 11.3 Å². The van der Waals surface area contributed by atoms with Gasteiger partial charge in [-0.2, -0.15) is 0 Å². The normalized spacial score (nSPS) is 17.3. The fraction of sp³-hybridized carbons (Fsp3) is 0.600. The minimum absolute atomic E-state index is 0.115. The summed E-state index contributed by atoms with van der Waals surface area (Å²) in [4.78, 5) is 18.3. The van der Waals surface area contributed by atoms with E-state index in [4.69, 9.17) is 0 Å². The van der Waals surface area contributed by atoms with E-state index in [0.717, 1.165) is 31.2 Å². The lowest BCUT2D eigenvalue weighted by Gasteiger charge is -2.29. The van der Waals surface area contributed by atoms with E-state index in [1.54, 1.807) is 6.20 Å². The maximum atomic E-state index is 11.8. The van der Waals surface area contributed by atoms with Crippen LogP contribution in [0.4, 0.5) is 0 Å². The van der Waals surface area contributed by atoms with Crippen LogP contribution in [0.1, 0.15) is 31.9 Å². The van der Waals surface area contributed by atoms with Gasteiger partial charge in [0, 0.05) is 19.2 Å². The van der Waals surface area contributed by atoms with Gasteiger partial charge in [-0.05, 0) is 44.0 Å².